The van der Waals surface area contributed by atoms with E-state index in [1.165, 1.54) is 16.7 Å². The van der Waals surface area contributed by atoms with Crippen molar-refractivity contribution in [3.8, 4) is 0 Å². The van der Waals surface area contributed by atoms with Crippen molar-refractivity contribution in [3.63, 3.8) is 0 Å². The highest BCUT2D eigenvalue weighted by atomic mass is 16.3. The molecule has 18 heavy (non-hydrogen) atoms. The highest BCUT2D eigenvalue weighted by Gasteiger charge is 2.08. The molecule has 0 radical (unpaired) electrons. The molecule has 0 saturated heterocycles. The van der Waals surface area contributed by atoms with E-state index in [-0.39, 0.29) is 0 Å². The number of pyridine rings is 1. The Bertz CT molecular complexity index is 508. The zero-order chi connectivity index (χ0) is 13.0. The summed E-state index contributed by atoms with van der Waals surface area (Å²) in [6.45, 7) is 4.16. The van der Waals surface area contributed by atoms with Crippen LogP contribution in [0.25, 0.3) is 0 Å². The van der Waals surface area contributed by atoms with Crippen LogP contribution in [0, 0.1) is 13.8 Å². The predicted octanol–water partition coefficient (Wildman–Crippen LogP) is 3.36. The van der Waals surface area contributed by atoms with Gasteiger partial charge in [-0.1, -0.05) is 24.3 Å². The molecular formula is C16H19NO. The van der Waals surface area contributed by atoms with Crippen LogP contribution in [0.1, 0.15) is 34.8 Å². The van der Waals surface area contributed by atoms with Gasteiger partial charge in [-0.2, -0.15) is 0 Å². The Labute approximate surface area is 108 Å². The van der Waals surface area contributed by atoms with Crippen molar-refractivity contribution in [1.29, 1.82) is 0 Å². The monoisotopic (exact) mass is 241 g/mol. The van der Waals surface area contributed by atoms with Crippen LogP contribution < -0.4 is 0 Å². The molecule has 0 aliphatic rings. The van der Waals surface area contributed by atoms with E-state index in [1.807, 2.05) is 24.4 Å². The van der Waals surface area contributed by atoms with E-state index in [2.05, 4.69) is 31.0 Å². The average molecular weight is 241 g/mol. The summed E-state index contributed by atoms with van der Waals surface area (Å²) in [5.41, 5.74) is 4.66. The molecule has 0 amide bonds. The highest BCUT2D eigenvalue weighted by Crippen LogP contribution is 2.21. The van der Waals surface area contributed by atoms with Gasteiger partial charge in [0, 0.05) is 12.4 Å². The Morgan fingerprint density at radius 3 is 2.67 bits per heavy atom. The van der Waals surface area contributed by atoms with E-state index in [4.69, 9.17) is 0 Å². The van der Waals surface area contributed by atoms with E-state index < -0.39 is 6.10 Å². The molecule has 0 bridgehead atoms. The molecule has 0 saturated carbocycles. The summed E-state index contributed by atoms with van der Waals surface area (Å²) < 4.78 is 0. The first-order valence-corrected chi connectivity index (χ1v) is 6.31. The van der Waals surface area contributed by atoms with Gasteiger partial charge in [0.1, 0.15) is 0 Å². The Kier molecular flexibility index (Phi) is 4.11. The lowest BCUT2D eigenvalue weighted by Gasteiger charge is -2.12. The number of aromatic nitrogens is 1. The standard InChI is InChI=1S/C16H19NO/c1-12-5-7-15(10-13(12)2)16(18)8-6-14-4-3-9-17-11-14/h3-5,7,9-11,16,18H,6,8H2,1-2H3. The van der Waals surface area contributed by atoms with Gasteiger partial charge in [0.05, 0.1) is 6.10 Å². The van der Waals surface area contributed by atoms with Crippen molar-refractivity contribution in [1.82, 2.24) is 4.98 Å². The quantitative estimate of drug-likeness (QED) is 0.890. The normalized spacial score (nSPS) is 12.4. The first-order valence-electron chi connectivity index (χ1n) is 6.31. The Morgan fingerprint density at radius 2 is 2.00 bits per heavy atom. The van der Waals surface area contributed by atoms with Crippen molar-refractivity contribution < 1.29 is 5.11 Å². The lowest BCUT2D eigenvalue weighted by Crippen LogP contribution is -2.00. The van der Waals surface area contributed by atoms with Crippen molar-refractivity contribution in [2.45, 2.75) is 32.8 Å². The number of rotatable bonds is 4. The molecule has 2 nitrogen and oxygen atoms in total. The number of benzene rings is 1. The van der Waals surface area contributed by atoms with Crippen LogP contribution in [-0.2, 0) is 6.42 Å². The minimum atomic E-state index is -0.399. The maximum atomic E-state index is 10.2. The zero-order valence-corrected chi connectivity index (χ0v) is 10.9. The van der Waals surface area contributed by atoms with Crippen LogP contribution in [0.3, 0.4) is 0 Å². The van der Waals surface area contributed by atoms with Gasteiger partial charge in [-0.3, -0.25) is 4.98 Å². The third-order valence-electron chi connectivity index (χ3n) is 3.34. The van der Waals surface area contributed by atoms with Gasteiger partial charge < -0.3 is 5.11 Å². The number of hydrogen-bond donors (Lipinski definition) is 1. The third-order valence-corrected chi connectivity index (χ3v) is 3.34. The molecule has 1 N–H and O–H groups in total. The summed E-state index contributed by atoms with van der Waals surface area (Å²) in [6, 6.07) is 10.1. The Balaban J connectivity index is 1.99. The molecule has 2 aromatic rings. The summed E-state index contributed by atoms with van der Waals surface area (Å²) >= 11 is 0. The number of hydrogen-bond acceptors (Lipinski definition) is 2. The molecule has 1 atom stereocenters. The minimum Gasteiger partial charge on any atom is -0.388 e. The molecule has 1 aromatic heterocycles. The van der Waals surface area contributed by atoms with Crippen molar-refractivity contribution in [3.05, 3.63) is 65.0 Å². The van der Waals surface area contributed by atoms with Gasteiger partial charge in [-0.15, -0.1) is 0 Å². The predicted molar refractivity (Wildman–Crippen MR) is 73.4 cm³/mol. The Morgan fingerprint density at radius 1 is 1.17 bits per heavy atom. The third kappa shape index (κ3) is 3.17. The molecule has 94 valence electrons. The molecule has 1 unspecified atom stereocenters. The van der Waals surface area contributed by atoms with Crippen LogP contribution in [0.4, 0.5) is 0 Å². The van der Waals surface area contributed by atoms with Gasteiger partial charge in [0.25, 0.3) is 0 Å². The minimum absolute atomic E-state index is 0.399. The fourth-order valence-electron chi connectivity index (χ4n) is 1.99. The zero-order valence-electron chi connectivity index (χ0n) is 10.9. The second-order valence-electron chi connectivity index (χ2n) is 4.76. The summed E-state index contributed by atoms with van der Waals surface area (Å²) in [6.07, 6.45) is 4.80. The molecule has 0 aliphatic heterocycles. The van der Waals surface area contributed by atoms with Gasteiger partial charge in [0.2, 0.25) is 0 Å². The van der Waals surface area contributed by atoms with E-state index in [1.54, 1.807) is 6.20 Å². The van der Waals surface area contributed by atoms with Crippen LogP contribution >= 0.6 is 0 Å². The SMILES string of the molecule is Cc1ccc(C(O)CCc2cccnc2)cc1C. The summed E-state index contributed by atoms with van der Waals surface area (Å²) in [5.74, 6) is 0. The number of aliphatic hydroxyl groups is 1. The number of aliphatic hydroxyl groups excluding tert-OH is 1. The summed E-state index contributed by atoms with van der Waals surface area (Å²) in [4.78, 5) is 4.08. The van der Waals surface area contributed by atoms with Crippen LogP contribution in [0.5, 0.6) is 0 Å². The van der Waals surface area contributed by atoms with E-state index in [0.717, 1.165) is 18.4 Å². The molecule has 0 spiro atoms. The fourth-order valence-corrected chi connectivity index (χ4v) is 1.99. The first kappa shape index (κ1) is 12.8. The number of nitrogens with zero attached hydrogens (tertiary/aromatic N) is 1. The maximum Gasteiger partial charge on any atom is 0.0793 e. The molecule has 2 heteroatoms. The van der Waals surface area contributed by atoms with Crippen LogP contribution in [-0.4, -0.2) is 10.1 Å². The van der Waals surface area contributed by atoms with Crippen molar-refractivity contribution in [2.24, 2.45) is 0 Å². The van der Waals surface area contributed by atoms with Gasteiger partial charge in [0.15, 0.2) is 0 Å². The largest absolute Gasteiger partial charge is 0.388 e. The highest BCUT2D eigenvalue weighted by molar-refractivity contribution is 5.31. The summed E-state index contributed by atoms with van der Waals surface area (Å²) in [7, 11) is 0. The van der Waals surface area contributed by atoms with Gasteiger partial charge >= 0.3 is 0 Å². The van der Waals surface area contributed by atoms with E-state index in [9.17, 15) is 5.11 Å². The lowest BCUT2D eigenvalue weighted by atomic mass is 9.99. The van der Waals surface area contributed by atoms with Gasteiger partial charge in [-0.05, 0) is 55.0 Å². The topological polar surface area (TPSA) is 33.1 Å². The number of aryl methyl sites for hydroxylation is 3. The second kappa shape index (κ2) is 5.78. The second-order valence-corrected chi connectivity index (χ2v) is 4.76. The molecule has 2 rings (SSSR count). The molecular weight excluding hydrogens is 222 g/mol. The van der Waals surface area contributed by atoms with Crippen LogP contribution in [0.15, 0.2) is 42.7 Å². The fraction of sp³-hybridized carbons (Fsp3) is 0.312. The van der Waals surface area contributed by atoms with Crippen molar-refractivity contribution >= 4 is 0 Å². The van der Waals surface area contributed by atoms with Crippen LogP contribution in [0.2, 0.25) is 0 Å². The summed E-state index contributed by atoms with van der Waals surface area (Å²) in [5, 5.41) is 10.2. The first-order chi connectivity index (χ1) is 8.66. The van der Waals surface area contributed by atoms with Crippen molar-refractivity contribution in [2.75, 3.05) is 0 Å². The smallest absolute Gasteiger partial charge is 0.0793 e. The van der Waals surface area contributed by atoms with Gasteiger partial charge in [-0.25, -0.2) is 0 Å². The molecule has 1 aromatic carbocycles. The van der Waals surface area contributed by atoms with E-state index >= 15 is 0 Å². The Hall–Kier alpha value is -1.67. The molecule has 1 heterocycles. The molecule has 0 aliphatic carbocycles. The lowest BCUT2D eigenvalue weighted by molar-refractivity contribution is 0.167. The van der Waals surface area contributed by atoms with E-state index in [0.29, 0.717) is 0 Å². The average Bonchev–Trinajstić information content (AvgIpc) is 2.40. The molecule has 0 fully saturated rings. The maximum absolute atomic E-state index is 10.2.